The first-order chi connectivity index (χ1) is 20.3. The van der Waals surface area contributed by atoms with Crippen molar-refractivity contribution in [1.29, 1.82) is 5.26 Å². The third kappa shape index (κ3) is 2.98. The molecule has 0 aliphatic rings. The predicted molar refractivity (Wildman–Crippen MR) is 165 cm³/mol. The number of furan rings is 2. The zero-order valence-electron chi connectivity index (χ0n) is 21.8. The number of aromatic nitrogens is 1. The van der Waals surface area contributed by atoms with Crippen LogP contribution in [0.1, 0.15) is 5.56 Å². The fraction of sp³-hybridized carbons (Fsp3) is 0. The molecule has 3 aromatic heterocycles. The molecule has 0 fully saturated rings. The Labute approximate surface area is 233 Å². The first-order valence-corrected chi connectivity index (χ1v) is 13.6. The number of para-hydroxylation sites is 3. The summed E-state index contributed by atoms with van der Waals surface area (Å²) in [5, 5.41) is 16.7. The highest BCUT2D eigenvalue weighted by atomic mass is 16.4. The van der Waals surface area contributed by atoms with Crippen LogP contribution < -0.4 is 0 Å². The van der Waals surface area contributed by atoms with Crippen molar-refractivity contribution in [3.63, 3.8) is 0 Å². The molecule has 0 unspecified atom stereocenters. The van der Waals surface area contributed by atoms with Crippen molar-refractivity contribution < 1.29 is 8.83 Å². The molecule has 0 N–H and O–H groups in total. The summed E-state index contributed by atoms with van der Waals surface area (Å²) < 4.78 is 14.9. The minimum Gasteiger partial charge on any atom is -0.452 e. The van der Waals surface area contributed by atoms with Gasteiger partial charge in [0.05, 0.1) is 28.4 Å². The minimum absolute atomic E-state index is 0.621. The van der Waals surface area contributed by atoms with Crippen molar-refractivity contribution in [2.45, 2.75) is 0 Å². The molecule has 0 amide bonds. The van der Waals surface area contributed by atoms with E-state index in [-0.39, 0.29) is 0 Å². The Morgan fingerprint density at radius 2 is 1.12 bits per heavy atom. The molecule has 0 radical (unpaired) electrons. The van der Waals surface area contributed by atoms with Crippen LogP contribution in [-0.2, 0) is 0 Å². The zero-order valence-corrected chi connectivity index (χ0v) is 21.8. The van der Waals surface area contributed by atoms with E-state index in [0.717, 1.165) is 71.7 Å². The molecule has 9 aromatic rings. The molecular weight excluding hydrogens is 504 g/mol. The van der Waals surface area contributed by atoms with Gasteiger partial charge in [0.2, 0.25) is 0 Å². The molecule has 3 heterocycles. The Balaban J connectivity index is 1.35. The molecule has 0 saturated heterocycles. The van der Waals surface area contributed by atoms with Gasteiger partial charge in [-0.25, -0.2) is 0 Å². The first-order valence-electron chi connectivity index (χ1n) is 13.6. The quantitative estimate of drug-likeness (QED) is 0.226. The molecule has 0 spiro atoms. The van der Waals surface area contributed by atoms with Crippen molar-refractivity contribution in [3.05, 3.63) is 127 Å². The Kier molecular flexibility index (Phi) is 4.37. The van der Waals surface area contributed by atoms with E-state index in [1.54, 1.807) is 0 Å². The van der Waals surface area contributed by atoms with Crippen molar-refractivity contribution in [3.8, 4) is 22.9 Å². The van der Waals surface area contributed by atoms with Crippen LogP contribution in [0.15, 0.2) is 130 Å². The van der Waals surface area contributed by atoms with Gasteiger partial charge >= 0.3 is 0 Å². The van der Waals surface area contributed by atoms with Gasteiger partial charge in [0.25, 0.3) is 0 Å². The standard InChI is InChI=1S/C37H20N2O2/c38-21-23-8-7-14-32(39-30-12-4-1-9-24(30)25-10-2-5-13-31(25)39)35(23)22-16-19-34-29(20-22)28-18-17-27-26-11-3-6-15-33(26)40-36(27)37(28)41-34/h1-20H. The van der Waals surface area contributed by atoms with Crippen LogP contribution in [0.2, 0.25) is 0 Å². The second-order valence-electron chi connectivity index (χ2n) is 10.4. The summed E-state index contributed by atoms with van der Waals surface area (Å²) in [4.78, 5) is 0. The summed E-state index contributed by atoms with van der Waals surface area (Å²) >= 11 is 0. The summed E-state index contributed by atoms with van der Waals surface area (Å²) in [6.45, 7) is 0. The smallest absolute Gasteiger partial charge is 0.178 e. The maximum atomic E-state index is 10.3. The van der Waals surface area contributed by atoms with Crippen LogP contribution in [-0.4, -0.2) is 4.57 Å². The van der Waals surface area contributed by atoms with E-state index in [0.29, 0.717) is 5.56 Å². The highest BCUT2D eigenvalue weighted by Crippen LogP contribution is 2.42. The number of hydrogen-bond donors (Lipinski definition) is 0. The number of benzene rings is 6. The third-order valence-corrected chi connectivity index (χ3v) is 8.26. The lowest BCUT2D eigenvalue weighted by molar-refractivity contribution is 0.633. The molecule has 9 rings (SSSR count). The van der Waals surface area contributed by atoms with Crippen LogP contribution in [0.3, 0.4) is 0 Å². The summed E-state index contributed by atoms with van der Waals surface area (Å²) in [6.07, 6.45) is 0. The molecular formula is C37H20N2O2. The van der Waals surface area contributed by atoms with E-state index in [4.69, 9.17) is 8.83 Å². The van der Waals surface area contributed by atoms with E-state index < -0.39 is 0 Å². The van der Waals surface area contributed by atoms with Gasteiger partial charge in [-0.2, -0.15) is 5.26 Å². The third-order valence-electron chi connectivity index (χ3n) is 8.26. The lowest BCUT2D eigenvalue weighted by Gasteiger charge is -2.15. The highest BCUT2D eigenvalue weighted by Gasteiger charge is 2.20. The van der Waals surface area contributed by atoms with Crippen molar-refractivity contribution in [2.24, 2.45) is 0 Å². The molecule has 0 aliphatic heterocycles. The molecule has 0 bridgehead atoms. The van der Waals surface area contributed by atoms with Gasteiger partial charge < -0.3 is 13.4 Å². The van der Waals surface area contributed by atoms with E-state index in [9.17, 15) is 5.26 Å². The summed E-state index contributed by atoms with van der Waals surface area (Å²) in [7, 11) is 0. The largest absolute Gasteiger partial charge is 0.452 e. The number of nitrogens with zero attached hydrogens (tertiary/aromatic N) is 2. The maximum Gasteiger partial charge on any atom is 0.178 e. The fourth-order valence-corrected chi connectivity index (χ4v) is 6.48. The van der Waals surface area contributed by atoms with Gasteiger partial charge in [-0.05, 0) is 60.2 Å². The fourth-order valence-electron chi connectivity index (χ4n) is 6.48. The monoisotopic (exact) mass is 524 g/mol. The van der Waals surface area contributed by atoms with E-state index in [2.05, 4.69) is 89.5 Å². The molecule has 6 aromatic carbocycles. The van der Waals surface area contributed by atoms with Crippen LogP contribution in [0.4, 0.5) is 0 Å². The molecule has 190 valence electrons. The van der Waals surface area contributed by atoms with E-state index in [1.807, 2.05) is 42.5 Å². The van der Waals surface area contributed by atoms with Crippen LogP contribution >= 0.6 is 0 Å². The van der Waals surface area contributed by atoms with Gasteiger partial charge in [0, 0.05) is 37.9 Å². The van der Waals surface area contributed by atoms with Crippen molar-refractivity contribution in [2.75, 3.05) is 0 Å². The average molecular weight is 525 g/mol. The van der Waals surface area contributed by atoms with Gasteiger partial charge in [0.1, 0.15) is 11.2 Å². The molecule has 0 saturated carbocycles. The predicted octanol–water partition coefficient (Wildman–Crippen LogP) is 10.1. The number of fused-ring (bicyclic) bond motifs is 10. The number of nitriles is 1. The van der Waals surface area contributed by atoms with Crippen LogP contribution in [0, 0.1) is 11.3 Å². The maximum absolute atomic E-state index is 10.3. The number of hydrogen-bond acceptors (Lipinski definition) is 3. The summed E-state index contributed by atoms with van der Waals surface area (Å²) in [5.41, 5.74) is 8.76. The van der Waals surface area contributed by atoms with E-state index in [1.165, 1.54) is 10.8 Å². The second-order valence-corrected chi connectivity index (χ2v) is 10.4. The molecule has 0 atom stereocenters. The lowest BCUT2D eigenvalue weighted by Crippen LogP contribution is -1.99. The van der Waals surface area contributed by atoms with Crippen LogP contribution in [0.25, 0.3) is 82.5 Å². The van der Waals surface area contributed by atoms with Gasteiger partial charge in [-0.3, -0.25) is 0 Å². The molecule has 4 heteroatoms. The Morgan fingerprint density at radius 3 is 1.83 bits per heavy atom. The first kappa shape index (κ1) is 22.1. The van der Waals surface area contributed by atoms with Gasteiger partial charge in [0.15, 0.2) is 11.2 Å². The van der Waals surface area contributed by atoms with Crippen molar-refractivity contribution in [1.82, 2.24) is 4.57 Å². The Hall–Kier alpha value is -5.79. The highest BCUT2D eigenvalue weighted by molar-refractivity contribution is 6.19. The summed E-state index contributed by atoms with van der Waals surface area (Å²) in [5.74, 6) is 0. The Morgan fingerprint density at radius 1 is 0.512 bits per heavy atom. The van der Waals surface area contributed by atoms with Gasteiger partial charge in [-0.15, -0.1) is 0 Å². The normalized spacial score (nSPS) is 11.9. The topological polar surface area (TPSA) is 55.0 Å². The molecule has 41 heavy (non-hydrogen) atoms. The summed E-state index contributed by atoms with van der Waals surface area (Å²) in [6, 6.07) is 43.8. The van der Waals surface area contributed by atoms with Crippen LogP contribution in [0.5, 0.6) is 0 Å². The Bertz CT molecular complexity index is 2500. The SMILES string of the molecule is N#Cc1cccc(-n2c3ccccc3c3ccccc32)c1-c1ccc2oc3c(ccc4c5ccccc5oc43)c2c1. The number of rotatable bonds is 2. The van der Waals surface area contributed by atoms with Crippen molar-refractivity contribution >= 4 is 65.7 Å². The van der Waals surface area contributed by atoms with Gasteiger partial charge in [-0.1, -0.05) is 66.7 Å². The lowest BCUT2D eigenvalue weighted by atomic mass is 9.96. The minimum atomic E-state index is 0.621. The molecule has 0 aliphatic carbocycles. The average Bonchev–Trinajstić information content (AvgIpc) is 3.70. The zero-order chi connectivity index (χ0) is 27.1. The second kappa shape index (κ2) is 8.11. The van der Waals surface area contributed by atoms with E-state index >= 15 is 0 Å². The molecule has 4 nitrogen and oxygen atoms in total.